The highest BCUT2D eigenvalue weighted by atomic mass is 15.3. The summed E-state index contributed by atoms with van der Waals surface area (Å²) < 4.78 is 2.20. The largest absolute Gasteiger partial charge is 0.356 e. The molecule has 128 valence electrons. The molecule has 0 spiro atoms. The Morgan fingerprint density at radius 1 is 1.21 bits per heavy atom. The Balaban J connectivity index is 1.55. The summed E-state index contributed by atoms with van der Waals surface area (Å²) in [5.74, 6) is 2.86. The molecular formula is C18H26N6. The van der Waals surface area contributed by atoms with Crippen LogP contribution in [0, 0.1) is 0 Å². The van der Waals surface area contributed by atoms with Gasteiger partial charge in [-0.05, 0) is 12.0 Å². The second-order valence-electron chi connectivity index (χ2n) is 6.82. The molecular weight excluding hydrogens is 300 g/mol. The number of hydrogen-bond donors (Lipinski definition) is 2. The van der Waals surface area contributed by atoms with E-state index in [-0.39, 0.29) is 5.41 Å². The third-order valence-electron chi connectivity index (χ3n) is 4.58. The molecule has 0 saturated heterocycles. The fraction of sp³-hybridized carbons (Fsp3) is 0.500. The molecule has 2 N–H and O–H groups in total. The van der Waals surface area contributed by atoms with Crippen molar-refractivity contribution in [3.8, 4) is 0 Å². The molecule has 0 atom stereocenters. The average Bonchev–Trinajstić information content (AvgIpc) is 3.20. The molecule has 0 radical (unpaired) electrons. The monoisotopic (exact) mass is 326 g/mol. The Morgan fingerprint density at radius 3 is 2.75 bits per heavy atom. The summed E-state index contributed by atoms with van der Waals surface area (Å²) in [6.07, 6.45) is 2.20. The van der Waals surface area contributed by atoms with E-state index in [1.165, 1.54) is 5.56 Å². The van der Waals surface area contributed by atoms with Crippen LogP contribution in [0.1, 0.15) is 37.5 Å². The van der Waals surface area contributed by atoms with Gasteiger partial charge in [0.25, 0.3) is 0 Å². The zero-order valence-electron chi connectivity index (χ0n) is 14.7. The van der Waals surface area contributed by atoms with Crippen molar-refractivity contribution in [2.24, 2.45) is 4.99 Å². The predicted molar refractivity (Wildman–Crippen MR) is 96.0 cm³/mol. The zero-order valence-corrected chi connectivity index (χ0v) is 14.7. The summed E-state index contributed by atoms with van der Waals surface area (Å²) in [6.45, 7) is 6.92. The number of aliphatic imine (C=N–C) groups is 1. The lowest BCUT2D eigenvalue weighted by Gasteiger charge is -2.26. The molecule has 6 heteroatoms. The maximum absolute atomic E-state index is 4.31. The summed E-state index contributed by atoms with van der Waals surface area (Å²) in [5.41, 5.74) is 1.33. The van der Waals surface area contributed by atoms with Gasteiger partial charge in [0.1, 0.15) is 5.82 Å². The molecule has 2 heterocycles. The van der Waals surface area contributed by atoms with Crippen molar-refractivity contribution in [3.05, 3.63) is 47.5 Å². The third kappa shape index (κ3) is 3.58. The van der Waals surface area contributed by atoms with Crippen LogP contribution in [0.15, 0.2) is 35.3 Å². The van der Waals surface area contributed by atoms with E-state index in [0.29, 0.717) is 6.54 Å². The van der Waals surface area contributed by atoms with Crippen LogP contribution in [0.5, 0.6) is 0 Å². The molecule has 0 unspecified atom stereocenters. The van der Waals surface area contributed by atoms with Gasteiger partial charge < -0.3 is 15.2 Å². The highest BCUT2D eigenvalue weighted by Gasteiger charge is 2.21. The SMILES string of the molecule is CN=C(NCc1nnc2n1CCC2)NCC(C)(C)c1ccccc1. The third-order valence-corrected chi connectivity index (χ3v) is 4.58. The number of aryl methyl sites for hydroxylation is 1. The van der Waals surface area contributed by atoms with E-state index in [1.54, 1.807) is 7.05 Å². The first-order valence-corrected chi connectivity index (χ1v) is 8.51. The second-order valence-corrected chi connectivity index (χ2v) is 6.82. The highest BCUT2D eigenvalue weighted by molar-refractivity contribution is 5.79. The van der Waals surface area contributed by atoms with Crippen molar-refractivity contribution in [1.29, 1.82) is 0 Å². The lowest BCUT2D eigenvalue weighted by molar-refractivity contribution is 0.508. The zero-order chi connectivity index (χ0) is 17.0. The van der Waals surface area contributed by atoms with Gasteiger partial charge in [-0.2, -0.15) is 0 Å². The lowest BCUT2D eigenvalue weighted by Crippen LogP contribution is -2.43. The van der Waals surface area contributed by atoms with Gasteiger partial charge >= 0.3 is 0 Å². The molecule has 1 aromatic heterocycles. The summed E-state index contributed by atoms with van der Waals surface area (Å²) in [7, 11) is 1.79. The molecule has 0 amide bonds. The van der Waals surface area contributed by atoms with Crippen molar-refractivity contribution >= 4 is 5.96 Å². The van der Waals surface area contributed by atoms with E-state index in [0.717, 1.165) is 43.5 Å². The van der Waals surface area contributed by atoms with Gasteiger partial charge in [-0.1, -0.05) is 44.2 Å². The molecule has 6 nitrogen and oxygen atoms in total. The van der Waals surface area contributed by atoms with Crippen molar-refractivity contribution in [2.45, 2.75) is 45.2 Å². The van der Waals surface area contributed by atoms with Crippen molar-refractivity contribution < 1.29 is 0 Å². The van der Waals surface area contributed by atoms with E-state index >= 15 is 0 Å². The van der Waals surface area contributed by atoms with Gasteiger partial charge in [0.15, 0.2) is 11.8 Å². The minimum atomic E-state index is 0.0228. The smallest absolute Gasteiger partial charge is 0.191 e. The first-order valence-electron chi connectivity index (χ1n) is 8.51. The highest BCUT2D eigenvalue weighted by Crippen LogP contribution is 2.21. The van der Waals surface area contributed by atoms with Crippen LogP contribution in [-0.2, 0) is 24.9 Å². The number of rotatable bonds is 5. The van der Waals surface area contributed by atoms with Crippen LogP contribution in [0.4, 0.5) is 0 Å². The number of aromatic nitrogens is 3. The van der Waals surface area contributed by atoms with E-state index in [1.807, 2.05) is 6.07 Å². The number of guanidine groups is 1. The van der Waals surface area contributed by atoms with Crippen LogP contribution < -0.4 is 10.6 Å². The second kappa shape index (κ2) is 7.03. The number of fused-ring (bicyclic) bond motifs is 1. The summed E-state index contributed by atoms with van der Waals surface area (Å²) in [6, 6.07) is 10.5. The molecule has 0 aliphatic carbocycles. The van der Waals surface area contributed by atoms with Gasteiger partial charge in [0.05, 0.1) is 6.54 Å². The molecule has 0 saturated carbocycles. The van der Waals surface area contributed by atoms with Crippen LogP contribution in [0.3, 0.4) is 0 Å². The Morgan fingerprint density at radius 2 is 2.00 bits per heavy atom. The number of nitrogens with zero attached hydrogens (tertiary/aromatic N) is 4. The minimum Gasteiger partial charge on any atom is -0.356 e. The van der Waals surface area contributed by atoms with E-state index in [4.69, 9.17) is 0 Å². The van der Waals surface area contributed by atoms with Gasteiger partial charge in [-0.25, -0.2) is 0 Å². The van der Waals surface area contributed by atoms with Gasteiger partial charge in [0, 0.05) is 32.0 Å². The first kappa shape index (κ1) is 16.5. The topological polar surface area (TPSA) is 67.1 Å². The molecule has 3 rings (SSSR count). The molecule has 0 fully saturated rings. The fourth-order valence-electron chi connectivity index (χ4n) is 3.02. The Hall–Kier alpha value is -2.37. The van der Waals surface area contributed by atoms with E-state index < -0.39 is 0 Å². The maximum atomic E-state index is 4.31. The van der Waals surface area contributed by atoms with Gasteiger partial charge in [-0.3, -0.25) is 4.99 Å². The van der Waals surface area contributed by atoms with Crippen LogP contribution in [0.2, 0.25) is 0 Å². The fourth-order valence-corrected chi connectivity index (χ4v) is 3.02. The van der Waals surface area contributed by atoms with Crippen molar-refractivity contribution in [3.63, 3.8) is 0 Å². The molecule has 1 aliphatic heterocycles. The standard InChI is InChI=1S/C18H26N6/c1-18(2,14-8-5-4-6-9-14)13-21-17(19-3)20-12-16-23-22-15-10-7-11-24(15)16/h4-6,8-9H,7,10-13H2,1-3H3,(H2,19,20,21). The van der Waals surface area contributed by atoms with E-state index in [9.17, 15) is 0 Å². The summed E-state index contributed by atoms with van der Waals surface area (Å²) in [5, 5.41) is 15.3. The number of nitrogens with one attached hydrogen (secondary N) is 2. The summed E-state index contributed by atoms with van der Waals surface area (Å²) >= 11 is 0. The molecule has 1 aliphatic rings. The minimum absolute atomic E-state index is 0.0228. The van der Waals surface area contributed by atoms with Crippen molar-refractivity contribution in [2.75, 3.05) is 13.6 Å². The van der Waals surface area contributed by atoms with Gasteiger partial charge in [-0.15, -0.1) is 10.2 Å². The quantitative estimate of drug-likeness (QED) is 0.650. The average molecular weight is 326 g/mol. The van der Waals surface area contributed by atoms with Crippen molar-refractivity contribution in [1.82, 2.24) is 25.4 Å². The molecule has 24 heavy (non-hydrogen) atoms. The Kier molecular flexibility index (Phi) is 4.83. The summed E-state index contributed by atoms with van der Waals surface area (Å²) in [4.78, 5) is 4.31. The Bertz CT molecular complexity index is 702. The van der Waals surface area contributed by atoms with E-state index in [2.05, 4.69) is 68.5 Å². The molecule has 2 aromatic rings. The van der Waals surface area contributed by atoms with Crippen LogP contribution >= 0.6 is 0 Å². The van der Waals surface area contributed by atoms with Gasteiger partial charge in [0.2, 0.25) is 0 Å². The molecule has 0 bridgehead atoms. The lowest BCUT2D eigenvalue weighted by atomic mass is 9.85. The number of benzene rings is 1. The predicted octanol–water partition coefficient (Wildman–Crippen LogP) is 1.87. The van der Waals surface area contributed by atoms with Crippen LogP contribution in [0.25, 0.3) is 0 Å². The first-order chi connectivity index (χ1) is 11.6. The molecule has 1 aromatic carbocycles. The number of hydrogen-bond acceptors (Lipinski definition) is 3. The Labute approximate surface area is 143 Å². The normalized spacial score (nSPS) is 14.5. The maximum Gasteiger partial charge on any atom is 0.191 e. The van der Waals surface area contributed by atoms with Crippen LogP contribution in [-0.4, -0.2) is 34.3 Å².